The van der Waals surface area contributed by atoms with Crippen molar-refractivity contribution in [3.63, 3.8) is 0 Å². The highest BCUT2D eigenvalue weighted by Gasteiger charge is 2.10. The van der Waals surface area contributed by atoms with Crippen LogP contribution >= 0.6 is 46.1 Å². The normalized spacial score (nSPS) is 12.5. The van der Waals surface area contributed by atoms with Crippen molar-refractivity contribution in [2.45, 2.75) is 13.0 Å². The van der Waals surface area contributed by atoms with Crippen molar-refractivity contribution >= 4 is 51.8 Å². The summed E-state index contributed by atoms with van der Waals surface area (Å²) >= 11 is 19.6. The quantitative estimate of drug-likeness (QED) is 0.698. The molecular formula is C12H10Cl3NS. The predicted octanol–water partition coefficient (Wildman–Crippen LogP) is 5.88. The first kappa shape index (κ1) is 13.0. The largest absolute Gasteiger partial charge is 0.377 e. The second kappa shape index (κ2) is 5.49. The summed E-state index contributed by atoms with van der Waals surface area (Å²) in [4.78, 5) is 0. The maximum absolute atomic E-state index is 6.10. The zero-order valence-electron chi connectivity index (χ0n) is 9.01. The Morgan fingerprint density at radius 1 is 1.12 bits per heavy atom. The van der Waals surface area contributed by atoms with Gasteiger partial charge in [-0.25, -0.2) is 0 Å². The third kappa shape index (κ3) is 3.08. The lowest BCUT2D eigenvalue weighted by molar-refractivity contribution is 0.891. The van der Waals surface area contributed by atoms with E-state index < -0.39 is 0 Å². The number of hydrogen-bond acceptors (Lipinski definition) is 2. The molecule has 0 aliphatic heterocycles. The first-order valence-corrected chi connectivity index (χ1v) is 7.09. The highest BCUT2D eigenvalue weighted by atomic mass is 35.5. The summed E-state index contributed by atoms with van der Waals surface area (Å²) in [5.41, 5.74) is 2.01. The van der Waals surface area contributed by atoms with Crippen molar-refractivity contribution in [3.05, 3.63) is 49.6 Å². The standard InChI is InChI=1S/C12H10Cl3NS/c1-7(8-2-3-17-6-8)16-12-5-10(14)9(13)4-11(12)15/h2-7,16H,1H3. The molecule has 1 aromatic heterocycles. The molecule has 5 heteroatoms. The second-order valence-corrected chi connectivity index (χ2v) is 5.67. The molecule has 17 heavy (non-hydrogen) atoms. The fourth-order valence-electron chi connectivity index (χ4n) is 1.47. The first-order valence-electron chi connectivity index (χ1n) is 5.01. The number of hydrogen-bond donors (Lipinski definition) is 1. The van der Waals surface area contributed by atoms with E-state index in [0.29, 0.717) is 15.1 Å². The summed E-state index contributed by atoms with van der Waals surface area (Å²) < 4.78 is 0. The van der Waals surface area contributed by atoms with E-state index in [1.807, 2.05) is 5.38 Å². The molecule has 0 fully saturated rings. The molecule has 0 saturated heterocycles. The summed E-state index contributed by atoms with van der Waals surface area (Å²) in [5, 5.41) is 8.99. The molecule has 0 saturated carbocycles. The molecule has 2 rings (SSSR count). The van der Waals surface area contributed by atoms with Crippen LogP contribution in [0.4, 0.5) is 5.69 Å². The highest BCUT2D eigenvalue weighted by Crippen LogP contribution is 2.34. The molecule has 2 aromatic rings. The lowest BCUT2D eigenvalue weighted by Crippen LogP contribution is -2.05. The van der Waals surface area contributed by atoms with Crippen LogP contribution in [-0.2, 0) is 0 Å². The molecule has 0 spiro atoms. The molecule has 0 bridgehead atoms. The fraction of sp³-hybridized carbons (Fsp3) is 0.167. The Balaban J connectivity index is 2.22. The lowest BCUT2D eigenvalue weighted by Gasteiger charge is -2.16. The highest BCUT2D eigenvalue weighted by molar-refractivity contribution is 7.08. The van der Waals surface area contributed by atoms with Gasteiger partial charge in [0.2, 0.25) is 0 Å². The van der Waals surface area contributed by atoms with Crippen LogP contribution in [0.3, 0.4) is 0 Å². The lowest BCUT2D eigenvalue weighted by atomic mass is 10.1. The van der Waals surface area contributed by atoms with Gasteiger partial charge in [0.1, 0.15) is 0 Å². The molecule has 0 aliphatic rings. The van der Waals surface area contributed by atoms with E-state index in [0.717, 1.165) is 5.69 Å². The zero-order valence-corrected chi connectivity index (χ0v) is 12.1. The Kier molecular flexibility index (Phi) is 4.21. The molecule has 0 radical (unpaired) electrons. The molecular weight excluding hydrogens is 297 g/mol. The third-order valence-corrected chi connectivity index (χ3v) is 4.16. The summed E-state index contributed by atoms with van der Waals surface area (Å²) in [5.74, 6) is 0. The molecule has 1 atom stereocenters. The summed E-state index contributed by atoms with van der Waals surface area (Å²) in [6, 6.07) is 5.65. The Bertz CT molecular complexity index is 511. The maximum Gasteiger partial charge on any atom is 0.0653 e. The van der Waals surface area contributed by atoms with E-state index in [4.69, 9.17) is 34.8 Å². The molecule has 1 N–H and O–H groups in total. The van der Waals surface area contributed by atoms with Crippen LogP contribution in [-0.4, -0.2) is 0 Å². The predicted molar refractivity (Wildman–Crippen MR) is 77.8 cm³/mol. The van der Waals surface area contributed by atoms with Crippen LogP contribution in [0.15, 0.2) is 29.0 Å². The molecule has 1 nitrogen and oxygen atoms in total. The van der Waals surface area contributed by atoms with Gasteiger partial charge in [0.15, 0.2) is 0 Å². The van der Waals surface area contributed by atoms with Crippen molar-refractivity contribution in [2.24, 2.45) is 0 Å². The molecule has 0 amide bonds. The van der Waals surface area contributed by atoms with Crippen LogP contribution in [0.25, 0.3) is 0 Å². The maximum atomic E-state index is 6.10. The minimum absolute atomic E-state index is 0.177. The second-order valence-electron chi connectivity index (χ2n) is 3.67. The Morgan fingerprint density at radius 2 is 1.82 bits per heavy atom. The van der Waals surface area contributed by atoms with Crippen molar-refractivity contribution in [2.75, 3.05) is 5.32 Å². The fourth-order valence-corrected chi connectivity index (χ4v) is 2.83. The molecule has 1 aromatic carbocycles. The topological polar surface area (TPSA) is 12.0 Å². The van der Waals surface area contributed by atoms with Crippen molar-refractivity contribution in [1.29, 1.82) is 0 Å². The number of halogens is 3. The van der Waals surface area contributed by atoms with Gasteiger partial charge < -0.3 is 5.32 Å². The summed E-state index contributed by atoms with van der Waals surface area (Å²) in [6.07, 6.45) is 0. The van der Waals surface area contributed by atoms with Gasteiger partial charge in [-0.3, -0.25) is 0 Å². The third-order valence-electron chi connectivity index (χ3n) is 2.43. The van der Waals surface area contributed by atoms with Gasteiger partial charge in [-0.05, 0) is 41.4 Å². The van der Waals surface area contributed by atoms with E-state index in [1.165, 1.54) is 5.56 Å². The minimum Gasteiger partial charge on any atom is -0.377 e. The van der Waals surface area contributed by atoms with Crippen molar-refractivity contribution < 1.29 is 0 Å². The smallest absolute Gasteiger partial charge is 0.0653 e. The number of nitrogens with one attached hydrogen (secondary N) is 1. The van der Waals surface area contributed by atoms with E-state index in [2.05, 4.69) is 23.7 Å². The number of thiophene rings is 1. The van der Waals surface area contributed by atoms with Crippen molar-refractivity contribution in [3.8, 4) is 0 Å². The van der Waals surface area contributed by atoms with E-state index in [1.54, 1.807) is 23.5 Å². The zero-order chi connectivity index (χ0) is 12.4. The summed E-state index contributed by atoms with van der Waals surface area (Å²) in [7, 11) is 0. The monoisotopic (exact) mass is 305 g/mol. The van der Waals surface area contributed by atoms with Gasteiger partial charge in [-0.15, -0.1) is 0 Å². The van der Waals surface area contributed by atoms with Crippen LogP contribution < -0.4 is 5.32 Å². The summed E-state index contributed by atoms with van der Waals surface area (Å²) in [6.45, 7) is 2.07. The number of benzene rings is 1. The number of anilines is 1. The Morgan fingerprint density at radius 3 is 2.47 bits per heavy atom. The average Bonchev–Trinajstić information content (AvgIpc) is 2.79. The van der Waals surface area contributed by atoms with E-state index >= 15 is 0 Å². The van der Waals surface area contributed by atoms with Crippen LogP contribution in [0, 0.1) is 0 Å². The van der Waals surface area contributed by atoms with Gasteiger partial charge in [0.05, 0.1) is 20.8 Å². The van der Waals surface area contributed by atoms with Gasteiger partial charge in [-0.1, -0.05) is 34.8 Å². The molecule has 90 valence electrons. The van der Waals surface area contributed by atoms with Crippen LogP contribution in [0.5, 0.6) is 0 Å². The first-order chi connectivity index (χ1) is 8.08. The van der Waals surface area contributed by atoms with Gasteiger partial charge >= 0.3 is 0 Å². The van der Waals surface area contributed by atoms with E-state index in [9.17, 15) is 0 Å². The number of rotatable bonds is 3. The van der Waals surface area contributed by atoms with E-state index in [-0.39, 0.29) is 6.04 Å². The SMILES string of the molecule is CC(Nc1cc(Cl)c(Cl)cc1Cl)c1ccsc1. The molecule has 0 aliphatic carbocycles. The van der Waals surface area contributed by atoms with Gasteiger partial charge in [0, 0.05) is 6.04 Å². The Hall–Kier alpha value is -0.410. The van der Waals surface area contributed by atoms with Gasteiger partial charge in [-0.2, -0.15) is 11.3 Å². The van der Waals surface area contributed by atoms with Crippen LogP contribution in [0.2, 0.25) is 15.1 Å². The average molecular weight is 307 g/mol. The van der Waals surface area contributed by atoms with Crippen LogP contribution in [0.1, 0.15) is 18.5 Å². The Labute approximate surface area is 119 Å². The minimum atomic E-state index is 0.177. The molecule has 1 unspecified atom stereocenters. The van der Waals surface area contributed by atoms with Crippen molar-refractivity contribution in [1.82, 2.24) is 0 Å². The molecule has 1 heterocycles. The van der Waals surface area contributed by atoms with Gasteiger partial charge in [0.25, 0.3) is 0 Å².